The zero-order valence-corrected chi connectivity index (χ0v) is 13.9. The first-order chi connectivity index (χ1) is 11.8. The van der Waals surface area contributed by atoms with Gasteiger partial charge in [-0.25, -0.2) is 4.98 Å². The van der Waals surface area contributed by atoms with E-state index in [4.69, 9.17) is 11.6 Å². The van der Waals surface area contributed by atoms with Crippen LogP contribution in [0.3, 0.4) is 0 Å². The second-order valence-corrected chi connectivity index (χ2v) is 6.25. The molecular weight excluding hydrogens is 320 g/mol. The average Bonchev–Trinajstić information content (AvgIpc) is 2.63. The van der Waals surface area contributed by atoms with Crippen LogP contribution in [0.4, 0.5) is 17.5 Å². The zero-order valence-electron chi connectivity index (χ0n) is 13.1. The highest BCUT2D eigenvalue weighted by atomic mass is 35.5. The van der Waals surface area contributed by atoms with Gasteiger partial charge in [-0.1, -0.05) is 35.9 Å². The molecule has 0 unspecified atom stereocenters. The van der Waals surface area contributed by atoms with Crippen LogP contribution in [0, 0.1) is 0 Å². The minimum Gasteiger partial charge on any atom is -0.352 e. The van der Waals surface area contributed by atoms with Crippen molar-refractivity contribution < 1.29 is 0 Å². The summed E-state index contributed by atoms with van der Waals surface area (Å²) < 4.78 is 0. The maximum absolute atomic E-state index is 5.92. The van der Waals surface area contributed by atoms with Gasteiger partial charge in [-0.15, -0.1) is 0 Å². The highest BCUT2D eigenvalue weighted by Gasteiger charge is 2.17. The molecule has 0 radical (unpaired) electrons. The quantitative estimate of drug-likeness (QED) is 0.768. The second kappa shape index (κ2) is 6.49. The van der Waals surface area contributed by atoms with Crippen molar-refractivity contribution in [1.29, 1.82) is 0 Å². The number of hydrogen-bond donors (Lipinski definition) is 1. The molecule has 0 fully saturated rings. The van der Waals surface area contributed by atoms with Crippen molar-refractivity contribution >= 4 is 29.1 Å². The Morgan fingerprint density at radius 2 is 1.75 bits per heavy atom. The lowest BCUT2D eigenvalue weighted by atomic mass is 10.00. The Bertz CT molecular complexity index is 848. The molecule has 0 amide bonds. The fourth-order valence-corrected chi connectivity index (χ4v) is 3.07. The third kappa shape index (κ3) is 3.19. The first-order valence-corrected chi connectivity index (χ1v) is 8.33. The van der Waals surface area contributed by atoms with Crippen LogP contribution >= 0.6 is 11.6 Å². The van der Waals surface area contributed by atoms with Crippen LogP contribution < -0.4 is 10.2 Å². The van der Waals surface area contributed by atoms with Gasteiger partial charge in [0.1, 0.15) is 5.82 Å². The van der Waals surface area contributed by atoms with E-state index in [2.05, 4.69) is 44.5 Å². The second-order valence-electron chi connectivity index (χ2n) is 5.81. The number of anilines is 3. The molecule has 0 spiro atoms. The largest absolute Gasteiger partial charge is 0.352 e. The smallest absolute Gasteiger partial charge is 0.229 e. The number of rotatable bonds is 3. The number of halogens is 1. The SMILES string of the molecule is Clc1ccc(Nc2nccc(N3CCc4ccccc4C3)n2)cc1. The Morgan fingerprint density at radius 3 is 2.58 bits per heavy atom. The van der Waals surface area contributed by atoms with Crippen LogP contribution in [0.2, 0.25) is 5.02 Å². The predicted octanol–water partition coefficient (Wildman–Crippen LogP) is 4.44. The fraction of sp³-hybridized carbons (Fsp3) is 0.158. The molecule has 3 aromatic rings. The van der Waals surface area contributed by atoms with Gasteiger partial charge in [0.05, 0.1) is 0 Å². The summed E-state index contributed by atoms with van der Waals surface area (Å²) in [5.74, 6) is 1.53. The summed E-state index contributed by atoms with van der Waals surface area (Å²) in [5, 5.41) is 3.93. The number of aromatic nitrogens is 2. The molecule has 4 nitrogen and oxygen atoms in total. The maximum Gasteiger partial charge on any atom is 0.229 e. The topological polar surface area (TPSA) is 41.1 Å². The number of hydrogen-bond acceptors (Lipinski definition) is 4. The fourth-order valence-electron chi connectivity index (χ4n) is 2.94. The number of nitrogens with zero attached hydrogens (tertiary/aromatic N) is 3. The molecule has 1 aliphatic rings. The first-order valence-electron chi connectivity index (χ1n) is 7.95. The van der Waals surface area contributed by atoms with Gasteiger partial charge in [-0.2, -0.15) is 4.98 Å². The molecule has 0 saturated heterocycles. The standard InChI is InChI=1S/C19H17ClN4/c20-16-5-7-17(8-6-16)22-19-21-11-9-18(23-19)24-12-10-14-3-1-2-4-15(14)13-24/h1-9,11H,10,12-13H2,(H,21,22,23). The molecule has 4 rings (SSSR count). The van der Waals surface area contributed by atoms with Gasteiger partial charge >= 0.3 is 0 Å². The third-order valence-corrected chi connectivity index (χ3v) is 4.45. The minimum absolute atomic E-state index is 0.591. The number of nitrogens with one attached hydrogen (secondary N) is 1. The van der Waals surface area contributed by atoms with Crippen molar-refractivity contribution in [3.05, 3.63) is 76.9 Å². The lowest BCUT2D eigenvalue weighted by molar-refractivity contribution is 0.720. The Labute approximate surface area is 146 Å². The summed E-state index contributed by atoms with van der Waals surface area (Å²) in [7, 11) is 0. The van der Waals surface area contributed by atoms with E-state index in [1.807, 2.05) is 30.3 Å². The summed E-state index contributed by atoms with van der Waals surface area (Å²) in [4.78, 5) is 11.3. The summed E-state index contributed by atoms with van der Waals surface area (Å²) in [6.07, 6.45) is 2.83. The van der Waals surface area contributed by atoms with Crippen molar-refractivity contribution in [3.8, 4) is 0 Å². The normalized spacial score (nSPS) is 13.5. The van der Waals surface area contributed by atoms with E-state index in [1.54, 1.807) is 6.20 Å². The minimum atomic E-state index is 0.591. The maximum atomic E-state index is 5.92. The molecule has 120 valence electrons. The molecule has 2 heterocycles. The molecule has 24 heavy (non-hydrogen) atoms. The van der Waals surface area contributed by atoms with Crippen LogP contribution in [0.1, 0.15) is 11.1 Å². The van der Waals surface area contributed by atoms with Crippen molar-refractivity contribution in [2.24, 2.45) is 0 Å². The molecule has 2 aromatic carbocycles. The van der Waals surface area contributed by atoms with Crippen LogP contribution in [0.25, 0.3) is 0 Å². The van der Waals surface area contributed by atoms with Gasteiger partial charge in [0, 0.05) is 30.0 Å². The summed E-state index contributed by atoms with van der Waals surface area (Å²) >= 11 is 5.92. The van der Waals surface area contributed by atoms with Crippen molar-refractivity contribution in [1.82, 2.24) is 9.97 Å². The number of benzene rings is 2. The summed E-state index contributed by atoms with van der Waals surface area (Å²) in [5.41, 5.74) is 3.72. The third-order valence-electron chi connectivity index (χ3n) is 4.20. The first kappa shape index (κ1) is 15.0. The molecule has 1 aromatic heterocycles. The van der Waals surface area contributed by atoms with E-state index >= 15 is 0 Å². The van der Waals surface area contributed by atoms with Crippen LogP contribution in [-0.4, -0.2) is 16.5 Å². The van der Waals surface area contributed by atoms with Crippen molar-refractivity contribution in [2.75, 3.05) is 16.8 Å². The molecule has 5 heteroatoms. The lowest BCUT2D eigenvalue weighted by Crippen LogP contribution is -2.31. The van der Waals surface area contributed by atoms with E-state index in [-0.39, 0.29) is 0 Å². The zero-order chi connectivity index (χ0) is 16.4. The van der Waals surface area contributed by atoms with Crippen LogP contribution in [0.15, 0.2) is 60.8 Å². The van der Waals surface area contributed by atoms with Gasteiger partial charge < -0.3 is 10.2 Å². The molecule has 1 N–H and O–H groups in total. The van der Waals surface area contributed by atoms with Crippen LogP contribution in [0.5, 0.6) is 0 Å². The van der Waals surface area contributed by atoms with Crippen LogP contribution in [-0.2, 0) is 13.0 Å². The van der Waals surface area contributed by atoms with E-state index in [9.17, 15) is 0 Å². The Morgan fingerprint density at radius 1 is 0.958 bits per heavy atom. The van der Waals surface area contributed by atoms with E-state index in [0.29, 0.717) is 11.0 Å². The van der Waals surface area contributed by atoms with Gasteiger partial charge in [0.2, 0.25) is 5.95 Å². The Hall–Kier alpha value is -2.59. The lowest BCUT2D eigenvalue weighted by Gasteiger charge is -2.29. The molecule has 0 aliphatic carbocycles. The average molecular weight is 337 g/mol. The summed E-state index contributed by atoms with van der Waals surface area (Å²) in [6.45, 7) is 1.85. The van der Waals surface area contributed by atoms with E-state index in [1.165, 1.54) is 11.1 Å². The number of fused-ring (bicyclic) bond motifs is 1. The highest BCUT2D eigenvalue weighted by molar-refractivity contribution is 6.30. The van der Waals surface area contributed by atoms with Crippen molar-refractivity contribution in [2.45, 2.75) is 13.0 Å². The van der Waals surface area contributed by atoms with E-state index < -0.39 is 0 Å². The predicted molar refractivity (Wildman–Crippen MR) is 98.0 cm³/mol. The molecule has 0 bridgehead atoms. The van der Waals surface area contributed by atoms with Gasteiger partial charge in [-0.05, 0) is 47.9 Å². The Kier molecular flexibility index (Phi) is 4.05. The summed E-state index contributed by atoms with van der Waals surface area (Å²) in [6, 6.07) is 18.1. The monoisotopic (exact) mass is 336 g/mol. The van der Waals surface area contributed by atoms with Gasteiger partial charge in [0.15, 0.2) is 0 Å². The van der Waals surface area contributed by atoms with Gasteiger partial charge in [0.25, 0.3) is 0 Å². The molecule has 0 saturated carbocycles. The molecule has 0 atom stereocenters. The van der Waals surface area contributed by atoms with Gasteiger partial charge in [-0.3, -0.25) is 0 Å². The molecule has 1 aliphatic heterocycles. The van der Waals surface area contributed by atoms with Crippen molar-refractivity contribution in [3.63, 3.8) is 0 Å². The highest BCUT2D eigenvalue weighted by Crippen LogP contribution is 2.24. The van der Waals surface area contributed by atoms with E-state index in [0.717, 1.165) is 31.0 Å². The Balaban J connectivity index is 1.54. The molecular formula is C19H17ClN4.